The quantitative estimate of drug-likeness (QED) is 0.788. The van der Waals surface area contributed by atoms with Gasteiger partial charge in [-0.05, 0) is 37.0 Å². The summed E-state index contributed by atoms with van der Waals surface area (Å²) in [6.45, 7) is 2.13. The molecule has 2 amide bonds. The van der Waals surface area contributed by atoms with Crippen molar-refractivity contribution in [1.29, 1.82) is 0 Å². The van der Waals surface area contributed by atoms with Gasteiger partial charge < -0.3 is 16.0 Å². The van der Waals surface area contributed by atoms with Crippen molar-refractivity contribution in [2.75, 3.05) is 18.4 Å². The molecule has 1 saturated heterocycles. The maximum absolute atomic E-state index is 12.1. The second-order valence-electron chi connectivity index (χ2n) is 6.07. The van der Waals surface area contributed by atoms with E-state index >= 15 is 0 Å². The number of amides is 2. The van der Waals surface area contributed by atoms with Crippen LogP contribution in [0.15, 0.2) is 29.6 Å². The van der Waals surface area contributed by atoms with E-state index in [2.05, 4.69) is 10.3 Å². The fraction of sp³-hybridized carbons (Fsp3) is 0.389. The van der Waals surface area contributed by atoms with E-state index in [4.69, 9.17) is 5.73 Å². The number of rotatable bonds is 6. The Kier molecular flexibility index (Phi) is 7.56. The number of aromatic nitrogens is 1. The number of aryl methyl sites for hydroxylation is 1. The fourth-order valence-corrected chi connectivity index (χ4v) is 3.49. The van der Waals surface area contributed by atoms with Crippen LogP contribution in [0.1, 0.15) is 40.3 Å². The number of anilines is 1. The zero-order valence-electron chi connectivity index (χ0n) is 14.4. The highest BCUT2D eigenvalue weighted by Gasteiger charge is 2.17. The summed E-state index contributed by atoms with van der Waals surface area (Å²) in [5, 5.41) is 5.26. The van der Waals surface area contributed by atoms with Gasteiger partial charge >= 0.3 is 0 Å². The summed E-state index contributed by atoms with van der Waals surface area (Å²) in [6.07, 6.45) is 3.49. The Labute approximate surface area is 163 Å². The van der Waals surface area contributed by atoms with Crippen LogP contribution < -0.4 is 11.1 Å². The van der Waals surface area contributed by atoms with Crippen LogP contribution in [0.3, 0.4) is 0 Å². The Morgan fingerprint density at radius 1 is 1.19 bits per heavy atom. The van der Waals surface area contributed by atoms with Gasteiger partial charge in [-0.3, -0.25) is 9.59 Å². The molecule has 140 valence electrons. The number of benzene rings is 1. The Balaban J connectivity index is 0.00000243. The van der Waals surface area contributed by atoms with Gasteiger partial charge in [0, 0.05) is 37.1 Å². The third-order valence-corrected chi connectivity index (χ3v) is 5.13. The summed E-state index contributed by atoms with van der Waals surface area (Å²) in [4.78, 5) is 30.3. The normalized spacial score (nSPS) is 13.3. The molecule has 2 heterocycles. The molecule has 1 fully saturated rings. The van der Waals surface area contributed by atoms with E-state index < -0.39 is 0 Å². The summed E-state index contributed by atoms with van der Waals surface area (Å²) in [6, 6.07) is 7.59. The van der Waals surface area contributed by atoms with E-state index in [1.807, 2.05) is 29.2 Å². The van der Waals surface area contributed by atoms with Crippen LogP contribution in [0.25, 0.3) is 0 Å². The van der Waals surface area contributed by atoms with Crippen LogP contribution in [0.4, 0.5) is 5.69 Å². The van der Waals surface area contributed by atoms with Crippen molar-refractivity contribution in [2.24, 2.45) is 5.73 Å². The van der Waals surface area contributed by atoms with E-state index in [1.165, 1.54) is 11.3 Å². The molecule has 3 N–H and O–H groups in total. The molecule has 2 aromatic rings. The molecule has 0 spiro atoms. The number of likely N-dealkylation sites (tertiary alicyclic amines) is 1. The van der Waals surface area contributed by atoms with Crippen molar-refractivity contribution in [1.82, 2.24) is 9.88 Å². The highest BCUT2D eigenvalue weighted by atomic mass is 35.5. The van der Waals surface area contributed by atoms with Gasteiger partial charge in [-0.25, -0.2) is 4.98 Å². The van der Waals surface area contributed by atoms with Gasteiger partial charge in [0.15, 0.2) is 0 Å². The zero-order chi connectivity index (χ0) is 17.6. The van der Waals surface area contributed by atoms with E-state index in [0.29, 0.717) is 24.3 Å². The van der Waals surface area contributed by atoms with Crippen molar-refractivity contribution in [3.63, 3.8) is 0 Å². The van der Waals surface area contributed by atoms with Crippen molar-refractivity contribution in [2.45, 2.75) is 32.2 Å². The molecule has 1 aromatic heterocycles. The Bertz CT molecular complexity index is 742. The zero-order valence-corrected chi connectivity index (χ0v) is 16.1. The van der Waals surface area contributed by atoms with Crippen molar-refractivity contribution in [3.8, 4) is 0 Å². The maximum atomic E-state index is 12.1. The van der Waals surface area contributed by atoms with E-state index in [1.54, 1.807) is 5.38 Å². The summed E-state index contributed by atoms with van der Waals surface area (Å²) >= 11 is 1.38. The first-order valence-corrected chi connectivity index (χ1v) is 9.36. The summed E-state index contributed by atoms with van der Waals surface area (Å²) in [7, 11) is 0. The SMILES string of the molecule is Cl.NCc1nc(C(=O)Nc2ccc(CCC(=O)N3CCCC3)cc2)cs1. The molecule has 1 aliphatic rings. The third kappa shape index (κ3) is 5.27. The minimum atomic E-state index is -0.243. The van der Waals surface area contributed by atoms with Crippen LogP contribution in [0.2, 0.25) is 0 Å². The number of nitrogens with one attached hydrogen (secondary N) is 1. The number of carbonyl (C=O) groups excluding carboxylic acids is 2. The topological polar surface area (TPSA) is 88.3 Å². The minimum Gasteiger partial charge on any atom is -0.343 e. The van der Waals surface area contributed by atoms with Gasteiger partial charge in [0.2, 0.25) is 5.91 Å². The van der Waals surface area contributed by atoms with Crippen LogP contribution >= 0.6 is 23.7 Å². The van der Waals surface area contributed by atoms with Crippen LogP contribution in [-0.2, 0) is 17.8 Å². The molecule has 0 bridgehead atoms. The van der Waals surface area contributed by atoms with Gasteiger partial charge in [0.25, 0.3) is 5.91 Å². The van der Waals surface area contributed by atoms with Crippen molar-refractivity contribution in [3.05, 3.63) is 45.9 Å². The molecule has 3 rings (SSSR count). The number of nitrogens with two attached hydrogens (primary N) is 1. The van der Waals surface area contributed by atoms with Gasteiger partial charge in [-0.15, -0.1) is 23.7 Å². The fourth-order valence-electron chi connectivity index (χ4n) is 2.83. The summed E-state index contributed by atoms with van der Waals surface area (Å²) in [5.74, 6) is -0.0120. The number of halogens is 1. The largest absolute Gasteiger partial charge is 0.343 e. The van der Waals surface area contributed by atoms with Gasteiger partial charge in [-0.2, -0.15) is 0 Å². The lowest BCUT2D eigenvalue weighted by Gasteiger charge is -2.15. The number of hydrogen-bond donors (Lipinski definition) is 2. The van der Waals surface area contributed by atoms with E-state index in [0.717, 1.165) is 42.9 Å². The van der Waals surface area contributed by atoms with Crippen molar-refractivity contribution < 1.29 is 9.59 Å². The molecule has 6 nitrogen and oxygen atoms in total. The summed E-state index contributed by atoms with van der Waals surface area (Å²) in [5.41, 5.74) is 7.69. The standard InChI is InChI=1S/C18H22N4O2S.ClH/c19-11-16-21-15(12-25-16)18(24)20-14-6-3-13(4-7-14)5-8-17(23)22-9-1-2-10-22;/h3-4,6-7,12H,1-2,5,8-11,19H2,(H,20,24);1H. The molecule has 0 atom stereocenters. The molecule has 1 aromatic carbocycles. The van der Waals surface area contributed by atoms with Crippen LogP contribution in [0, 0.1) is 0 Å². The molecule has 8 heteroatoms. The number of nitrogens with zero attached hydrogens (tertiary/aromatic N) is 2. The smallest absolute Gasteiger partial charge is 0.275 e. The second kappa shape index (κ2) is 9.66. The number of hydrogen-bond acceptors (Lipinski definition) is 5. The molecule has 0 saturated carbocycles. The lowest BCUT2D eigenvalue weighted by atomic mass is 10.1. The van der Waals surface area contributed by atoms with Gasteiger partial charge in [-0.1, -0.05) is 12.1 Å². The Morgan fingerprint density at radius 3 is 2.50 bits per heavy atom. The van der Waals surface area contributed by atoms with Crippen molar-refractivity contribution >= 4 is 41.2 Å². The predicted octanol–water partition coefficient (Wildman–Crippen LogP) is 2.83. The average Bonchev–Trinajstić information content (AvgIpc) is 3.32. The second-order valence-corrected chi connectivity index (χ2v) is 7.01. The lowest BCUT2D eigenvalue weighted by molar-refractivity contribution is -0.130. The van der Waals surface area contributed by atoms with Crippen LogP contribution in [-0.4, -0.2) is 34.8 Å². The Morgan fingerprint density at radius 2 is 1.88 bits per heavy atom. The molecular formula is C18H23ClN4O2S. The third-order valence-electron chi connectivity index (χ3n) is 4.26. The molecular weight excluding hydrogens is 372 g/mol. The molecule has 0 aliphatic carbocycles. The lowest BCUT2D eigenvalue weighted by Crippen LogP contribution is -2.27. The molecule has 0 unspecified atom stereocenters. The average molecular weight is 395 g/mol. The number of carbonyl (C=O) groups is 2. The first kappa shape index (κ1) is 20.4. The van der Waals surface area contributed by atoms with E-state index in [9.17, 15) is 9.59 Å². The minimum absolute atomic E-state index is 0. The molecule has 26 heavy (non-hydrogen) atoms. The monoisotopic (exact) mass is 394 g/mol. The Hall–Kier alpha value is -1.96. The number of thiazole rings is 1. The highest BCUT2D eigenvalue weighted by Crippen LogP contribution is 2.15. The molecule has 0 radical (unpaired) electrons. The molecule has 1 aliphatic heterocycles. The first-order valence-electron chi connectivity index (χ1n) is 8.48. The first-order chi connectivity index (χ1) is 12.2. The van der Waals surface area contributed by atoms with Crippen LogP contribution in [0.5, 0.6) is 0 Å². The predicted molar refractivity (Wildman–Crippen MR) is 106 cm³/mol. The maximum Gasteiger partial charge on any atom is 0.275 e. The van der Waals surface area contributed by atoms with Gasteiger partial charge in [0.1, 0.15) is 10.7 Å². The van der Waals surface area contributed by atoms with E-state index in [-0.39, 0.29) is 24.2 Å². The summed E-state index contributed by atoms with van der Waals surface area (Å²) < 4.78 is 0. The van der Waals surface area contributed by atoms with Gasteiger partial charge in [0.05, 0.1) is 0 Å². The highest BCUT2D eigenvalue weighted by molar-refractivity contribution is 7.09.